The summed E-state index contributed by atoms with van der Waals surface area (Å²) in [4.78, 5) is 25.6. The number of hydrogen-bond donors (Lipinski definition) is 1. The summed E-state index contributed by atoms with van der Waals surface area (Å²) in [5.41, 5.74) is 5.90. The quantitative estimate of drug-likeness (QED) is 0.658. The van der Waals surface area contributed by atoms with Crippen LogP contribution in [0.3, 0.4) is 0 Å². The summed E-state index contributed by atoms with van der Waals surface area (Å²) in [5, 5.41) is 0. The molecule has 1 aromatic rings. The Balaban J connectivity index is 3.19. The Morgan fingerprint density at radius 2 is 2.46 bits per heavy atom. The van der Waals surface area contributed by atoms with Crippen molar-refractivity contribution >= 4 is 12.2 Å². The normalized spacial score (nSPS) is 10.0. The van der Waals surface area contributed by atoms with Crippen LogP contribution in [0, 0.1) is 0 Å². The van der Waals surface area contributed by atoms with Crippen molar-refractivity contribution in [1.29, 1.82) is 0 Å². The third-order valence-corrected chi connectivity index (χ3v) is 1.75. The van der Waals surface area contributed by atoms with E-state index in [0.717, 1.165) is 0 Å². The van der Waals surface area contributed by atoms with E-state index in [2.05, 4.69) is 4.98 Å². The molecular formula is C8H11N3O2. The molecule has 2 N–H and O–H groups in total. The highest BCUT2D eigenvalue weighted by atomic mass is 16.2. The second-order valence-electron chi connectivity index (χ2n) is 2.51. The Hall–Kier alpha value is -1.49. The maximum Gasteiger partial charge on any atom is 0.246 e. The molecule has 0 aliphatic carbocycles. The first-order valence-electron chi connectivity index (χ1n) is 3.99. The van der Waals surface area contributed by atoms with Gasteiger partial charge in [-0.1, -0.05) is 6.92 Å². The summed E-state index contributed by atoms with van der Waals surface area (Å²) in [6.07, 6.45) is 2.70. The molecule has 1 heterocycles. The highest BCUT2D eigenvalue weighted by Crippen LogP contribution is 2.03. The zero-order valence-electron chi connectivity index (χ0n) is 7.36. The van der Waals surface area contributed by atoms with Gasteiger partial charge in [-0.25, -0.2) is 4.98 Å². The smallest absolute Gasteiger partial charge is 0.246 e. The molecular weight excluding hydrogens is 170 g/mol. The molecule has 0 aromatic carbocycles. The number of rotatable bonds is 3. The van der Waals surface area contributed by atoms with E-state index in [4.69, 9.17) is 5.73 Å². The van der Waals surface area contributed by atoms with Gasteiger partial charge in [0.2, 0.25) is 5.91 Å². The number of aromatic nitrogens is 2. The van der Waals surface area contributed by atoms with E-state index in [1.165, 1.54) is 10.8 Å². The van der Waals surface area contributed by atoms with Crippen LogP contribution in [0.4, 0.5) is 0 Å². The summed E-state index contributed by atoms with van der Waals surface area (Å²) >= 11 is 0. The van der Waals surface area contributed by atoms with Crippen LogP contribution in [0.2, 0.25) is 0 Å². The number of aryl methyl sites for hydroxylation is 1. The van der Waals surface area contributed by atoms with Gasteiger partial charge in [-0.3, -0.25) is 14.2 Å². The lowest BCUT2D eigenvalue weighted by molar-refractivity contribution is 0.0908. The predicted octanol–water partition coefficient (Wildman–Crippen LogP) is -0.143. The number of hydrogen-bond acceptors (Lipinski definition) is 4. The Morgan fingerprint density at radius 1 is 1.77 bits per heavy atom. The van der Waals surface area contributed by atoms with Gasteiger partial charge in [-0.15, -0.1) is 0 Å². The lowest BCUT2D eigenvalue weighted by Crippen LogP contribution is -2.24. The van der Waals surface area contributed by atoms with Crippen LogP contribution in [0.1, 0.15) is 28.0 Å². The maximum absolute atomic E-state index is 11.3. The highest BCUT2D eigenvalue weighted by molar-refractivity contribution is 5.86. The lowest BCUT2D eigenvalue weighted by Gasteiger charge is -2.03. The fourth-order valence-corrected chi connectivity index (χ4v) is 1.12. The second-order valence-corrected chi connectivity index (χ2v) is 2.51. The molecule has 5 nitrogen and oxygen atoms in total. The van der Waals surface area contributed by atoms with Gasteiger partial charge in [0.15, 0.2) is 12.1 Å². The van der Waals surface area contributed by atoms with Crippen LogP contribution in [-0.4, -0.2) is 28.3 Å². The highest BCUT2D eigenvalue weighted by Gasteiger charge is 2.12. The van der Waals surface area contributed by atoms with Crippen LogP contribution in [0.25, 0.3) is 0 Å². The predicted molar refractivity (Wildman–Crippen MR) is 46.7 cm³/mol. The van der Waals surface area contributed by atoms with Crippen molar-refractivity contribution in [2.24, 2.45) is 5.73 Å². The number of imidazole rings is 1. The van der Waals surface area contributed by atoms with Crippen molar-refractivity contribution in [3.8, 4) is 0 Å². The first-order valence-corrected chi connectivity index (χ1v) is 3.99. The number of carbonyl (C=O) groups is 2. The van der Waals surface area contributed by atoms with E-state index in [1.807, 2.05) is 6.92 Å². The first kappa shape index (κ1) is 9.60. The largest absolute Gasteiger partial charge is 0.322 e. The van der Waals surface area contributed by atoms with E-state index in [9.17, 15) is 9.59 Å². The van der Waals surface area contributed by atoms with Crippen molar-refractivity contribution in [2.45, 2.75) is 13.3 Å². The van der Waals surface area contributed by atoms with Crippen molar-refractivity contribution in [3.63, 3.8) is 0 Å². The van der Waals surface area contributed by atoms with E-state index < -0.39 is 0 Å². The number of carbonyl (C=O) groups excluding carboxylic acids is 2. The molecule has 1 rings (SSSR count). The molecule has 0 bridgehead atoms. The van der Waals surface area contributed by atoms with Gasteiger partial charge in [-0.2, -0.15) is 0 Å². The SMILES string of the molecule is CCc1cnc(C=O)n1C(=O)CN. The van der Waals surface area contributed by atoms with Crippen LogP contribution >= 0.6 is 0 Å². The van der Waals surface area contributed by atoms with Crippen molar-refractivity contribution in [2.75, 3.05) is 6.54 Å². The molecule has 0 spiro atoms. The Labute approximate surface area is 75.6 Å². The van der Waals surface area contributed by atoms with Gasteiger partial charge in [-0.05, 0) is 6.42 Å². The maximum atomic E-state index is 11.3. The Morgan fingerprint density at radius 3 is 2.92 bits per heavy atom. The van der Waals surface area contributed by atoms with Gasteiger partial charge in [0, 0.05) is 11.9 Å². The number of aldehydes is 1. The van der Waals surface area contributed by atoms with Gasteiger partial charge in [0.25, 0.3) is 0 Å². The van der Waals surface area contributed by atoms with Gasteiger partial charge in [0.05, 0.1) is 6.54 Å². The van der Waals surface area contributed by atoms with E-state index in [1.54, 1.807) is 0 Å². The van der Waals surface area contributed by atoms with Crippen LogP contribution in [0.5, 0.6) is 0 Å². The van der Waals surface area contributed by atoms with Crippen LogP contribution in [0.15, 0.2) is 6.20 Å². The fourth-order valence-electron chi connectivity index (χ4n) is 1.12. The molecule has 0 saturated carbocycles. The summed E-state index contributed by atoms with van der Waals surface area (Å²) in [6.45, 7) is 1.76. The molecule has 0 amide bonds. The molecule has 0 unspecified atom stereocenters. The van der Waals surface area contributed by atoms with E-state index >= 15 is 0 Å². The molecule has 5 heteroatoms. The summed E-state index contributed by atoms with van der Waals surface area (Å²) < 4.78 is 1.26. The minimum absolute atomic E-state index is 0.118. The van der Waals surface area contributed by atoms with E-state index in [0.29, 0.717) is 18.4 Å². The molecule has 0 radical (unpaired) electrons. The van der Waals surface area contributed by atoms with Gasteiger partial charge < -0.3 is 5.73 Å². The molecule has 70 valence electrons. The molecule has 0 atom stereocenters. The molecule has 1 aromatic heterocycles. The Bertz CT molecular complexity index is 330. The van der Waals surface area contributed by atoms with Gasteiger partial charge in [0.1, 0.15) is 0 Å². The minimum atomic E-state index is -0.309. The second kappa shape index (κ2) is 3.95. The average molecular weight is 181 g/mol. The molecule has 0 saturated heterocycles. The van der Waals surface area contributed by atoms with Crippen molar-refractivity contribution < 1.29 is 9.59 Å². The Kier molecular flexibility index (Phi) is 2.92. The summed E-state index contributed by atoms with van der Waals surface area (Å²) in [7, 11) is 0. The molecule has 0 aliphatic rings. The lowest BCUT2D eigenvalue weighted by atomic mass is 10.3. The topological polar surface area (TPSA) is 78.0 Å². The number of nitrogens with two attached hydrogens (primary N) is 1. The number of nitrogens with zero attached hydrogens (tertiary/aromatic N) is 2. The van der Waals surface area contributed by atoms with Crippen molar-refractivity contribution in [3.05, 3.63) is 17.7 Å². The van der Waals surface area contributed by atoms with Crippen LogP contribution < -0.4 is 5.73 Å². The minimum Gasteiger partial charge on any atom is -0.322 e. The zero-order valence-corrected chi connectivity index (χ0v) is 7.36. The zero-order chi connectivity index (χ0) is 9.84. The summed E-state index contributed by atoms with van der Waals surface area (Å²) in [6, 6.07) is 0. The monoisotopic (exact) mass is 181 g/mol. The third kappa shape index (κ3) is 1.65. The average Bonchev–Trinajstić information content (AvgIpc) is 2.59. The van der Waals surface area contributed by atoms with Gasteiger partial charge >= 0.3 is 0 Å². The molecule has 0 fully saturated rings. The van der Waals surface area contributed by atoms with Crippen molar-refractivity contribution in [1.82, 2.24) is 9.55 Å². The first-order chi connectivity index (χ1) is 6.24. The third-order valence-electron chi connectivity index (χ3n) is 1.75. The molecule has 0 aliphatic heterocycles. The summed E-state index contributed by atoms with van der Waals surface area (Å²) in [5.74, 6) is -0.191. The fraction of sp³-hybridized carbons (Fsp3) is 0.375. The van der Waals surface area contributed by atoms with E-state index in [-0.39, 0.29) is 18.3 Å². The van der Waals surface area contributed by atoms with Crippen LogP contribution in [-0.2, 0) is 6.42 Å². The standard InChI is InChI=1S/C8H11N3O2/c1-2-6-4-10-7(5-12)11(6)8(13)3-9/h4-5H,2-3,9H2,1H3. The molecule has 13 heavy (non-hydrogen) atoms.